The molecule has 0 bridgehead atoms. The molecule has 1 fully saturated rings. The fraction of sp³-hybridized carbons (Fsp3) is 0.308. The summed E-state index contributed by atoms with van der Waals surface area (Å²) in [6.07, 6.45) is 4.67. The molecule has 0 spiro atoms. The molecule has 1 amide bonds. The third-order valence-electron chi connectivity index (χ3n) is 6.33. The van der Waals surface area contributed by atoms with Crippen LogP contribution in [0.25, 0.3) is 0 Å². The third-order valence-corrected chi connectivity index (χ3v) is 6.54. The zero-order chi connectivity index (χ0) is 21.5. The van der Waals surface area contributed by atoms with Gasteiger partial charge in [-0.05, 0) is 55.6 Å². The Morgan fingerprint density at radius 1 is 1.00 bits per heavy atom. The molecule has 1 aliphatic rings. The van der Waals surface area contributed by atoms with Gasteiger partial charge in [0.2, 0.25) is 0 Å². The van der Waals surface area contributed by atoms with Crippen molar-refractivity contribution in [1.82, 2.24) is 15.2 Å². The Bertz CT molecular complexity index is 986. The molecule has 1 aliphatic heterocycles. The number of likely N-dealkylation sites (tertiary alicyclic amines) is 1. The van der Waals surface area contributed by atoms with Crippen LogP contribution in [0.15, 0.2) is 79.0 Å². The van der Waals surface area contributed by atoms with E-state index in [1.54, 1.807) is 18.3 Å². The summed E-state index contributed by atoms with van der Waals surface area (Å²) < 4.78 is 0. The number of amides is 1. The van der Waals surface area contributed by atoms with Gasteiger partial charge in [-0.3, -0.25) is 4.79 Å². The molecule has 0 atom stereocenters. The molecular weight excluding hydrogens is 406 g/mol. The molecule has 2 heterocycles. The molecule has 1 aromatic heterocycles. The Morgan fingerprint density at radius 3 is 2.35 bits per heavy atom. The Hall–Kier alpha value is -2.69. The number of carbonyl (C=O) groups is 1. The van der Waals surface area contributed by atoms with Crippen LogP contribution in [0.3, 0.4) is 0 Å². The molecule has 2 aromatic carbocycles. The second-order valence-corrected chi connectivity index (χ2v) is 8.66. The number of piperidine rings is 1. The predicted octanol–water partition coefficient (Wildman–Crippen LogP) is 4.74. The lowest BCUT2D eigenvalue weighted by atomic mass is 9.72. The van der Waals surface area contributed by atoms with E-state index >= 15 is 0 Å². The number of halogens is 1. The summed E-state index contributed by atoms with van der Waals surface area (Å²) in [7, 11) is 0. The molecule has 0 radical (unpaired) electrons. The highest BCUT2D eigenvalue weighted by Crippen LogP contribution is 2.35. The maximum atomic E-state index is 12.7. The number of benzene rings is 2. The van der Waals surface area contributed by atoms with Gasteiger partial charge in [-0.25, -0.2) is 4.98 Å². The molecule has 3 aromatic rings. The van der Waals surface area contributed by atoms with Crippen molar-refractivity contribution in [2.75, 3.05) is 26.2 Å². The molecule has 0 saturated carbocycles. The van der Waals surface area contributed by atoms with Gasteiger partial charge in [0.25, 0.3) is 5.91 Å². The summed E-state index contributed by atoms with van der Waals surface area (Å²) in [6, 6.07) is 24.6. The number of hydrogen-bond acceptors (Lipinski definition) is 3. The lowest BCUT2D eigenvalue weighted by Gasteiger charge is -2.42. The molecular formula is C26H28ClN3O. The standard InChI is InChI=1S/C26H28ClN3O/c27-24-19-22(11-15-28-24)25(31)29-20-26(23-9-5-2-6-10-23)13-17-30(18-14-26)16-12-21-7-3-1-4-8-21/h1-11,15,19H,12-14,16-18,20H2,(H,29,31). The van der Waals surface area contributed by atoms with Crippen LogP contribution < -0.4 is 5.32 Å². The summed E-state index contributed by atoms with van der Waals surface area (Å²) in [4.78, 5) is 19.2. The number of carbonyl (C=O) groups excluding carboxylic acids is 1. The van der Waals surface area contributed by atoms with Gasteiger partial charge < -0.3 is 10.2 Å². The monoisotopic (exact) mass is 433 g/mol. The smallest absolute Gasteiger partial charge is 0.251 e. The van der Waals surface area contributed by atoms with Crippen LogP contribution in [-0.2, 0) is 11.8 Å². The number of aromatic nitrogens is 1. The molecule has 4 nitrogen and oxygen atoms in total. The molecule has 5 heteroatoms. The number of pyridine rings is 1. The van der Waals surface area contributed by atoms with Crippen LogP contribution >= 0.6 is 11.6 Å². The van der Waals surface area contributed by atoms with Gasteiger partial charge in [-0.1, -0.05) is 72.3 Å². The van der Waals surface area contributed by atoms with E-state index in [1.807, 2.05) is 6.07 Å². The lowest BCUT2D eigenvalue weighted by Crippen LogP contribution is -2.49. The summed E-state index contributed by atoms with van der Waals surface area (Å²) in [5.41, 5.74) is 3.16. The number of rotatable bonds is 7. The molecule has 31 heavy (non-hydrogen) atoms. The molecule has 160 valence electrons. The quantitative estimate of drug-likeness (QED) is 0.547. The zero-order valence-corrected chi connectivity index (χ0v) is 18.4. The minimum absolute atomic E-state index is 0.0585. The highest BCUT2D eigenvalue weighted by molar-refractivity contribution is 6.29. The van der Waals surface area contributed by atoms with E-state index in [9.17, 15) is 4.79 Å². The first-order valence-electron chi connectivity index (χ1n) is 10.9. The molecule has 0 unspecified atom stereocenters. The Kier molecular flexibility index (Phi) is 7.00. The molecule has 1 saturated heterocycles. The summed E-state index contributed by atoms with van der Waals surface area (Å²) >= 11 is 5.95. The zero-order valence-electron chi connectivity index (χ0n) is 17.6. The molecule has 4 rings (SSSR count). The normalized spacial score (nSPS) is 16.0. The van der Waals surface area contributed by atoms with Crippen molar-refractivity contribution < 1.29 is 4.79 Å². The fourth-order valence-corrected chi connectivity index (χ4v) is 4.56. The minimum atomic E-state index is -0.105. The molecule has 0 aliphatic carbocycles. The van der Waals surface area contributed by atoms with Crippen molar-refractivity contribution in [2.45, 2.75) is 24.7 Å². The summed E-state index contributed by atoms with van der Waals surface area (Å²) in [5, 5.41) is 3.49. The van der Waals surface area contributed by atoms with Crippen molar-refractivity contribution >= 4 is 17.5 Å². The maximum Gasteiger partial charge on any atom is 0.251 e. The third kappa shape index (κ3) is 5.52. The van der Waals surface area contributed by atoms with Gasteiger partial charge in [0.15, 0.2) is 0 Å². The SMILES string of the molecule is O=C(NCC1(c2ccccc2)CCN(CCc2ccccc2)CC1)c1ccnc(Cl)c1. The van der Waals surface area contributed by atoms with Crippen LogP contribution in [0, 0.1) is 0 Å². The van der Waals surface area contributed by atoms with Crippen LogP contribution in [0.2, 0.25) is 5.15 Å². The highest BCUT2D eigenvalue weighted by atomic mass is 35.5. The first-order valence-corrected chi connectivity index (χ1v) is 11.2. The lowest BCUT2D eigenvalue weighted by molar-refractivity contribution is 0.0922. The first-order chi connectivity index (χ1) is 15.1. The van der Waals surface area contributed by atoms with Gasteiger partial charge in [0.1, 0.15) is 5.15 Å². The van der Waals surface area contributed by atoms with E-state index in [0.717, 1.165) is 38.9 Å². The van der Waals surface area contributed by atoms with Crippen LogP contribution in [0.5, 0.6) is 0 Å². The van der Waals surface area contributed by atoms with Gasteiger partial charge in [-0.2, -0.15) is 0 Å². The van der Waals surface area contributed by atoms with Gasteiger partial charge in [-0.15, -0.1) is 0 Å². The predicted molar refractivity (Wildman–Crippen MR) is 126 cm³/mol. The van der Waals surface area contributed by atoms with Gasteiger partial charge >= 0.3 is 0 Å². The van der Waals surface area contributed by atoms with Crippen LogP contribution in [0.4, 0.5) is 0 Å². The average Bonchev–Trinajstić information content (AvgIpc) is 2.83. The van der Waals surface area contributed by atoms with Crippen molar-refractivity contribution in [3.05, 3.63) is 101 Å². The van der Waals surface area contributed by atoms with Gasteiger partial charge in [0.05, 0.1) is 0 Å². The Labute approximate surface area is 189 Å². The number of hydrogen-bond donors (Lipinski definition) is 1. The first kappa shape index (κ1) is 21.5. The van der Waals surface area contributed by atoms with Crippen LogP contribution in [0.1, 0.15) is 34.3 Å². The second-order valence-electron chi connectivity index (χ2n) is 8.27. The summed E-state index contributed by atoms with van der Waals surface area (Å²) in [5.74, 6) is -0.105. The van der Waals surface area contributed by atoms with Crippen LogP contribution in [-0.4, -0.2) is 42.0 Å². The van der Waals surface area contributed by atoms with Gasteiger partial charge in [0, 0.05) is 30.3 Å². The van der Waals surface area contributed by atoms with Crippen molar-refractivity contribution in [2.24, 2.45) is 0 Å². The average molecular weight is 434 g/mol. The van der Waals surface area contributed by atoms with E-state index < -0.39 is 0 Å². The largest absolute Gasteiger partial charge is 0.351 e. The molecule has 1 N–H and O–H groups in total. The van der Waals surface area contributed by atoms with E-state index in [2.05, 4.69) is 69.8 Å². The Morgan fingerprint density at radius 2 is 1.68 bits per heavy atom. The Balaban J connectivity index is 1.41. The topological polar surface area (TPSA) is 45.2 Å². The summed E-state index contributed by atoms with van der Waals surface area (Å²) in [6.45, 7) is 3.73. The van der Waals surface area contributed by atoms with E-state index in [1.165, 1.54) is 11.1 Å². The van der Waals surface area contributed by atoms with E-state index in [-0.39, 0.29) is 11.3 Å². The maximum absolute atomic E-state index is 12.7. The van der Waals surface area contributed by atoms with Crippen molar-refractivity contribution in [3.8, 4) is 0 Å². The van der Waals surface area contributed by atoms with E-state index in [4.69, 9.17) is 11.6 Å². The van der Waals surface area contributed by atoms with Crippen molar-refractivity contribution in [3.63, 3.8) is 0 Å². The fourth-order valence-electron chi connectivity index (χ4n) is 4.39. The van der Waals surface area contributed by atoms with Crippen molar-refractivity contribution in [1.29, 1.82) is 0 Å². The number of nitrogens with one attached hydrogen (secondary N) is 1. The van der Waals surface area contributed by atoms with E-state index in [0.29, 0.717) is 17.3 Å². The second kappa shape index (κ2) is 10.1. The highest BCUT2D eigenvalue weighted by Gasteiger charge is 2.36. The number of nitrogens with zero attached hydrogens (tertiary/aromatic N) is 2. The minimum Gasteiger partial charge on any atom is -0.351 e.